The Morgan fingerprint density at radius 1 is 1.21 bits per heavy atom. The van der Waals surface area contributed by atoms with Gasteiger partial charge in [0.2, 0.25) is 0 Å². The average Bonchev–Trinajstić information content (AvgIpc) is 3.24. The lowest BCUT2D eigenvalue weighted by molar-refractivity contribution is 0.247. The molecule has 1 aromatic heterocycles. The van der Waals surface area contributed by atoms with Gasteiger partial charge in [-0.1, -0.05) is 11.6 Å². The molecule has 5 heteroatoms. The van der Waals surface area contributed by atoms with Crippen LogP contribution in [-0.4, -0.2) is 42.6 Å². The summed E-state index contributed by atoms with van der Waals surface area (Å²) >= 11 is 12.1. The van der Waals surface area contributed by atoms with Gasteiger partial charge >= 0.3 is 0 Å². The molecule has 3 rings (SSSR count). The van der Waals surface area contributed by atoms with Crippen molar-refractivity contribution in [3.05, 3.63) is 22.8 Å². The summed E-state index contributed by atoms with van der Waals surface area (Å²) in [5, 5.41) is 0.716. The molecule has 1 saturated carbocycles. The molecule has 1 aliphatic heterocycles. The van der Waals surface area contributed by atoms with E-state index in [1.165, 1.54) is 19.4 Å². The molecule has 1 aromatic rings. The molecule has 0 spiro atoms. The van der Waals surface area contributed by atoms with E-state index in [1.807, 2.05) is 12.3 Å². The molecule has 0 radical (unpaired) electrons. The average molecular weight is 300 g/mol. The molecule has 1 saturated heterocycles. The number of piperazine rings is 1. The van der Waals surface area contributed by atoms with Crippen LogP contribution in [0.15, 0.2) is 12.3 Å². The van der Waals surface area contributed by atoms with Gasteiger partial charge in [0.25, 0.3) is 0 Å². The second-order valence-corrected chi connectivity index (χ2v) is 6.19. The lowest BCUT2D eigenvalue weighted by atomic mass is 10.2. The van der Waals surface area contributed by atoms with Crippen molar-refractivity contribution in [1.29, 1.82) is 0 Å². The number of rotatable bonds is 4. The monoisotopic (exact) mass is 299 g/mol. The Balaban J connectivity index is 1.60. The van der Waals surface area contributed by atoms with Gasteiger partial charge < -0.3 is 4.90 Å². The van der Waals surface area contributed by atoms with Gasteiger partial charge in [-0.25, -0.2) is 4.98 Å². The number of pyridine rings is 1. The maximum Gasteiger partial charge on any atom is 0.147 e. The van der Waals surface area contributed by atoms with Gasteiger partial charge in [0.05, 0.1) is 5.02 Å². The Morgan fingerprint density at radius 2 is 1.95 bits per heavy atom. The minimum atomic E-state index is 0.460. The molecule has 1 aliphatic carbocycles. The van der Waals surface area contributed by atoms with Gasteiger partial charge in [-0.2, -0.15) is 0 Å². The number of hydrogen-bond acceptors (Lipinski definition) is 3. The van der Waals surface area contributed by atoms with E-state index in [0.717, 1.165) is 43.5 Å². The Hall–Kier alpha value is -0.510. The van der Waals surface area contributed by atoms with Gasteiger partial charge in [-0.3, -0.25) is 4.90 Å². The molecule has 0 unspecified atom stereocenters. The van der Waals surface area contributed by atoms with Crippen molar-refractivity contribution in [3.63, 3.8) is 0 Å². The summed E-state index contributed by atoms with van der Waals surface area (Å²) in [6.45, 7) is 5.54. The first-order chi connectivity index (χ1) is 9.26. The molecule has 3 nitrogen and oxygen atoms in total. The second-order valence-electron chi connectivity index (χ2n) is 5.51. The van der Waals surface area contributed by atoms with Crippen molar-refractivity contribution < 1.29 is 0 Å². The Kier molecular flexibility index (Phi) is 4.15. The summed E-state index contributed by atoms with van der Waals surface area (Å²) in [5.41, 5.74) is 0.975. The predicted octanol–water partition coefficient (Wildman–Crippen LogP) is 3.01. The minimum absolute atomic E-state index is 0.460. The van der Waals surface area contributed by atoms with Crippen molar-refractivity contribution in [2.75, 3.05) is 37.6 Å². The fourth-order valence-corrected chi connectivity index (χ4v) is 3.04. The third-order valence-corrected chi connectivity index (χ3v) is 4.50. The van der Waals surface area contributed by atoms with Crippen LogP contribution in [0, 0.1) is 5.92 Å². The molecule has 0 atom stereocenters. The van der Waals surface area contributed by atoms with Crippen LogP contribution in [0.3, 0.4) is 0 Å². The largest absolute Gasteiger partial charge is 0.353 e. The summed E-state index contributed by atoms with van der Waals surface area (Å²) < 4.78 is 0. The molecule has 104 valence electrons. The van der Waals surface area contributed by atoms with Crippen molar-refractivity contribution >= 4 is 29.0 Å². The van der Waals surface area contributed by atoms with Crippen LogP contribution in [-0.2, 0) is 5.88 Å². The maximum atomic E-state index is 6.30. The SMILES string of the molecule is ClCc1cnc(N2CCN(CC3CC3)CC2)c(Cl)c1. The molecule has 0 N–H and O–H groups in total. The van der Waals surface area contributed by atoms with Crippen LogP contribution in [0.25, 0.3) is 0 Å². The summed E-state index contributed by atoms with van der Waals surface area (Å²) in [7, 11) is 0. The van der Waals surface area contributed by atoms with Gasteiger partial charge in [0, 0.05) is 44.8 Å². The summed E-state index contributed by atoms with van der Waals surface area (Å²) in [5.74, 6) is 2.33. The summed E-state index contributed by atoms with van der Waals surface area (Å²) in [4.78, 5) is 9.31. The van der Waals surface area contributed by atoms with E-state index in [4.69, 9.17) is 23.2 Å². The topological polar surface area (TPSA) is 19.4 Å². The molecule has 2 aliphatic rings. The maximum absolute atomic E-state index is 6.30. The van der Waals surface area contributed by atoms with E-state index in [2.05, 4.69) is 14.8 Å². The highest BCUT2D eigenvalue weighted by atomic mass is 35.5. The zero-order chi connectivity index (χ0) is 13.2. The van der Waals surface area contributed by atoms with Crippen LogP contribution in [0.2, 0.25) is 5.02 Å². The van der Waals surface area contributed by atoms with Crippen LogP contribution in [0.4, 0.5) is 5.82 Å². The first-order valence-electron chi connectivity index (χ1n) is 6.94. The Bertz CT molecular complexity index is 440. The van der Waals surface area contributed by atoms with E-state index < -0.39 is 0 Å². The third kappa shape index (κ3) is 3.33. The molecule has 0 bridgehead atoms. The zero-order valence-electron chi connectivity index (χ0n) is 11.0. The predicted molar refractivity (Wildman–Crippen MR) is 80.2 cm³/mol. The van der Waals surface area contributed by atoms with Crippen LogP contribution < -0.4 is 4.90 Å². The highest BCUT2D eigenvalue weighted by Gasteiger charge is 2.27. The molecular weight excluding hydrogens is 281 g/mol. The number of alkyl halides is 1. The van der Waals surface area contributed by atoms with Crippen molar-refractivity contribution in [1.82, 2.24) is 9.88 Å². The van der Waals surface area contributed by atoms with Crippen LogP contribution >= 0.6 is 23.2 Å². The quantitative estimate of drug-likeness (QED) is 0.797. The number of nitrogens with zero attached hydrogens (tertiary/aromatic N) is 3. The van der Waals surface area contributed by atoms with E-state index in [9.17, 15) is 0 Å². The molecule has 0 aromatic carbocycles. The third-order valence-electron chi connectivity index (χ3n) is 3.92. The first-order valence-corrected chi connectivity index (χ1v) is 7.85. The Labute approximate surface area is 124 Å². The van der Waals surface area contributed by atoms with E-state index in [1.54, 1.807) is 0 Å². The highest BCUT2D eigenvalue weighted by Crippen LogP contribution is 2.30. The first kappa shape index (κ1) is 13.5. The number of hydrogen-bond donors (Lipinski definition) is 0. The van der Waals surface area contributed by atoms with Crippen molar-refractivity contribution in [3.8, 4) is 0 Å². The zero-order valence-corrected chi connectivity index (χ0v) is 12.5. The molecule has 2 fully saturated rings. The lowest BCUT2D eigenvalue weighted by Crippen LogP contribution is -2.47. The van der Waals surface area contributed by atoms with Crippen molar-refractivity contribution in [2.45, 2.75) is 18.7 Å². The minimum Gasteiger partial charge on any atom is -0.353 e. The molecule has 19 heavy (non-hydrogen) atoms. The molecule has 0 amide bonds. The highest BCUT2D eigenvalue weighted by molar-refractivity contribution is 6.33. The fourth-order valence-electron chi connectivity index (χ4n) is 2.58. The van der Waals surface area contributed by atoms with Crippen LogP contribution in [0.1, 0.15) is 18.4 Å². The normalized spacial score (nSPS) is 20.8. The Morgan fingerprint density at radius 3 is 2.53 bits per heavy atom. The lowest BCUT2D eigenvalue weighted by Gasteiger charge is -2.35. The van der Waals surface area contributed by atoms with Gasteiger partial charge in [0.1, 0.15) is 5.82 Å². The van der Waals surface area contributed by atoms with E-state index in [0.29, 0.717) is 10.9 Å². The summed E-state index contributed by atoms with van der Waals surface area (Å²) in [6, 6.07) is 1.92. The standard InChI is InChI=1S/C14H19Cl2N3/c15-8-12-7-13(16)14(17-9-12)19-5-3-18(4-6-19)10-11-1-2-11/h7,9,11H,1-6,8,10H2. The molecule has 2 heterocycles. The smallest absolute Gasteiger partial charge is 0.147 e. The van der Waals surface area contributed by atoms with Gasteiger partial charge in [0.15, 0.2) is 0 Å². The fraction of sp³-hybridized carbons (Fsp3) is 0.643. The number of halogens is 2. The van der Waals surface area contributed by atoms with E-state index >= 15 is 0 Å². The van der Waals surface area contributed by atoms with E-state index in [-0.39, 0.29) is 0 Å². The number of anilines is 1. The van der Waals surface area contributed by atoms with Gasteiger partial charge in [-0.15, -0.1) is 11.6 Å². The second kappa shape index (κ2) is 5.86. The summed E-state index contributed by atoms with van der Waals surface area (Å²) in [6.07, 6.45) is 4.67. The van der Waals surface area contributed by atoms with Gasteiger partial charge in [-0.05, 0) is 30.4 Å². The van der Waals surface area contributed by atoms with Crippen molar-refractivity contribution in [2.24, 2.45) is 5.92 Å². The number of aromatic nitrogens is 1. The molecular formula is C14H19Cl2N3. The van der Waals surface area contributed by atoms with Crippen LogP contribution in [0.5, 0.6) is 0 Å².